The number of rotatable bonds is 5. The fourth-order valence-electron chi connectivity index (χ4n) is 3.43. The van der Waals surface area contributed by atoms with Crippen LogP contribution in [0.15, 0.2) is 59.6 Å². The minimum absolute atomic E-state index is 0.692. The lowest BCUT2D eigenvalue weighted by molar-refractivity contribution is 0.415. The summed E-state index contributed by atoms with van der Waals surface area (Å²) in [5.74, 6) is 2.29. The quantitative estimate of drug-likeness (QED) is 0.472. The molecule has 0 amide bonds. The van der Waals surface area contributed by atoms with Gasteiger partial charge in [-0.3, -0.25) is 0 Å². The average molecular weight is 359 g/mol. The molecule has 4 rings (SSSR count). The van der Waals surface area contributed by atoms with Crippen LogP contribution in [0.25, 0.3) is 21.8 Å². The smallest absolute Gasteiger partial charge is 0.230 e. The van der Waals surface area contributed by atoms with E-state index < -0.39 is 0 Å². The van der Waals surface area contributed by atoms with Crippen molar-refractivity contribution in [2.45, 2.75) is 13.5 Å². The van der Waals surface area contributed by atoms with Gasteiger partial charge in [0.25, 0.3) is 0 Å². The minimum atomic E-state index is 0.692. The van der Waals surface area contributed by atoms with Crippen LogP contribution in [0.1, 0.15) is 12.5 Å². The van der Waals surface area contributed by atoms with Crippen molar-refractivity contribution in [2.24, 2.45) is 4.99 Å². The zero-order valence-electron chi connectivity index (χ0n) is 15.6. The van der Waals surface area contributed by atoms with E-state index in [1.807, 2.05) is 54.7 Å². The summed E-state index contributed by atoms with van der Waals surface area (Å²) in [7, 11) is 3.34. The Morgan fingerprint density at radius 3 is 2.56 bits per heavy atom. The SMILES string of the molecule is CCn1c(/N=C/c2ccc(OC)c3cccc(OC)c23)nc2ccccc21. The lowest BCUT2D eigenvalue weighted by Crippen LogP contribution is -1.95. The van der Waals surface area contributed by atoms with Crippen molar-refractivity contribution < 1.29 is 9.47 Å². The maximum Gasteiger partial charge on any atom is 0.230 e. The molecule has 1 heterocycles. The second kappa shape index (κ2) is 7.11. The van der Waals surface area contributed by atoms with E-state index in [0.717, 1.165) is 45.4 Å². The van der Waals surface area contributed by atoms with Gasteiger partial charge in [-0.15, -0.1) is 0 Å². The molecule has 136 valence electrons. The van der Waals surface area contributed by atoms with Crippen LogP contribution >= 0.6 is 0 Å². The predicted octanol–water partition coefficient (Wildman–Crippen LogP) is 4.98. The van der Waals surface area contributed by atoms with Crippen molar-refractivity contribution in [3.05, 3.63) is 60.2 Å². The molecule has 4 aromatic rings. The van der Waals surface area contributed by atoms with Gasteiger partial charge in [0.1, 0.15) is 11.5 Å². The van der Waals surface area contributed by atoms with Crippen LogP contribution in [-0.4, -0.2) is 30.0 Å². The number of benzene rings is 3. The summed E-state index contributed by atoms with van der Waals surface area (Å²) in [6.07, 6.45) is 1.84. The van der Waals surface area contributed by atoms with E-state index in [2.05, 4.69) is 22.5 Å². The maximum absolute atomic E-state index is 5.57. The van der Waals surface area contributed by atoms with Crippen molar-refractivity contribution in [1.29, 1.82) is 0 Å². The Labute approximate surface area is 157 Å². The Morgan fingerprint density at radius 2 is 1.78 bits per heavy atom. The van der Waals surface area contributed by atoms with Crippen molar-refractivity contribution in [2.75, 3.05) is 14.2 Å². The normalized spacial score (nSPS) is 11.5. The monoisotopic (exact) mass is 359 g/mol. The van der Waals surface area contributed by atoms with Crippen molar-refractivity contribution in [3.8, 4) is 11.5 Å². The molecule has 5 heteroatoms. The molecule has 0 radical (unpaired) electrons. The van der Waals surface area contributed by atoms with Gasteiger partial charge >= 0.3 is 0 Å². The number of ether oxygens (including phenoxy) is 2. The van der Waals surface area contributed by atoms with Crippen LogP contribution in [0.4, 0.5) is 5.95 Å². The Balaban J connectivity index is 1.87. The maximum atomic E-state index is 5.57. The number of aromatic nitrogens is 2. The molecule has 0 aliphatic carbocycles. The largest absolute Gasteiger partial charge is 0.496 e. The van der Waals surface area contributed by atoms with Gasteiger partial charge < -0.3 is 14.0 Å². The molecule has 0 fully saturated rings. The van der Waals surface area contributed by atoms with E-state index in [1.165, 1.54) is 0 Å². The highest BCUT2D eigenvalue weighted by molar-refractivity contribution is 6.06. The zero-order valence-corrected chi connectivity index (χ0v) is 15.6. The predicted molar refractivity (Wildman–Crippen MR) is 110 cm³/mol. The number of aliphatic imine (C=N–C) groups is 1. The molecule has 0 unspecified atom stereocenters. The highest BCUT2D eigenvalue weighted by Gasteiger charge is 2.11. The van der Waals surface area contributed by atoms with E-state index in [4.69, 9.17) is 14.5 Å². The van der Waals surface area contributed by atoms with Gasteiger partial charge in [-0.1, -0.05) is 24.3 Å². The van der Waals surface area contributed by atoms with Gasteiger partial charge in [-0.05, 0) is 37.3 Å². The third-order valence-electron chi connectivity index (χ3n) is 4.70. The number of hydrogen-bond acceptors (Lipinski definition) is 4. The molecule has 5 nitrogen and oxygen atoms in total. The number of imidazole rings is 1. The van der Waals surface area contributed by atoms with Gasteiger partial charge in [0.15, 0.2) is 0 Å². The van der Waals surface area contributed by atoms with Crippen molar-refractivity contribution in [1.82, 2.24) is 9.55 Å². The number of methoxy groups -OCH3 is 2. The second-order valence-electron chi connectivity index (χ2n) is 6.14. The summed E-state index contributed by atoms with van der Waals surface area (Å²) >= 11 is 0. The van der Waals surface area contributed by atoms with E-state index >= 15 is 0 Å². The summed E-state index contributed by atoms with van der Waals surface area (Å²) in [4.78, 5) is 9.36. The van der Waals surface area contributed by atoms with E-state index in [9.17, 15) is 0 Å². The number of hydrogen-bond donors (Lipinski definition) is 0. The number of nitrogens with zero attached hydrogens (tertiary/aromatic N) is 3. The van der Waals surface area contributed by atoms with Crippen LogP contribution in [0.5, 0.6) is 11.5 Å². The standard InChI is InChI=1S/C22H21N3O2/c1-4-25-18-10-6-5-9-17(18)24-22(25)23-14-15-12-13-19(26-2)16-8-7-11-20(27-3)21(15)16/h5-14H,4H2,1-3H3/b23-14+. The third-order valence-corrected chi connectivity index (χ3v) is 4.70. The van der Waals surface area contributed by atoms with Gasteiger partial charge in [-0.2, -0.15) is 0 Å². The average Bonchev–Trinajstić information content (AvgIpc) is 3.08. The molecule has 3 aromatic carbocycles. The topological polar surface area (TPSA) is 48.6 Å². The molecule has 1 aromatic heterocycles. The van der Waals surface area contributed by atoms with Crippen LogP contribution in [0.3, 0.4) is 0 Å². The Kier molecular flexibility index (Phi) is 4.50. The molecule has 0 saturated carbocycles. The first-order valence-electron chi connectivity index (χ1n) is 8.90. The fourth-order valence-corrected chi connectivity index (χ4v) is 3.43. The summed E-state index contributed by atoms with van der Waals surface area (Å²) in [6.45, 7) is 2.90. The van der Waals surface area contributed by atoms with E-state index in [0.29, 0.717) is 5.95 Å². The molecular weight excluding hydrogens is 338 g/mol. The minimum Gasteiger partial charge on any atom is -0.496 e. The first-order chi connectivity index (χ1) is 13.3. The lowest BCUT2D eigenvalue weighted by atomic mass is 10.0. The van der Waals surface area contributed by atoms with Gasteiger partial charge in [0.05, 0.1) is 25.3 Å². The molecular formula is C22H21N3O2. The van der Waals surface area contributed by atoms with Crippen molar-refractivity contribution >= 4 is 34.0 Å². The fraction of sp³-hybridized carbons (Fsp3) is 0.182. The Bertz CT molecular complexity index is 1150. The van der Waals surface area contributed by atoms with Crippen LogP contribution in [0, 0.1) is 0 Å². The second-order valence-corrected chi connectivity index (χ2v) is 6.14. The van der Waals surface area contributed by atoms with E-state index in [1.54, 1.807) is 14.2 Å². The summed E-state index contributed by atoms with van der Waals surface area (Å²) in [5, 5.41) is 1.96. The molecule has 0 aliphatic rings. The van der Waals surface area contributed by atoms with Crippen LogP contribution < -0.4 is 9.47 Å². The van der Waals surface area contributed by atoms with Gasteiger partial charge in [0, 0.05) is 29.1 Å². The first kappa shape index (κ1) is 17.1. The van der Waals surface area contributed by atoms with E-state index in [-0.39, 0.29) is 0 Å². The van der Waals surface area contributed by atoms with Crippen molar-refractivity contribution in [3.63, 3.8) is 0 Å². The van der Waals surface area contributed by atoms with Crippen LogP contribution in [0.2, 0.25) is 0 Å². The number of fused-ring (bicyclic) bond motifs is 2. The highest BCUT2D eigenvalue weighted by atomic mass is 16.5. The molecule has 0 aliphatic heterocycles. The zero-order chi connectivity index (χ0) is 18.8. The number of para-hydroxylation sites is 2. The summed E-state index contributed by atoms with van der Waals surface area (Å²) in [5.41, 5.74) is 2.99. The molecule has 0 saturated heterocycles. The van der Waals surface area contributed by atoms with Gasteiger partial charge in [0.2, 0.25) is 5.95 Å². The lowest BCUT2D eigenvalue weighted by Gasteiger charge is -2.11. The first-order valence-corrected chi connectivity index (χ1v) is 8.90. The summed E-state index contributed by atoms with van der Waals surface area (Å²) < 4.78 is 13.2. The summed E-state index contributed by atoms with van der Waals surface area (Å²) in [6, 6.07) is 18.0. The number of aryl methyl sites for hydroxylation is 1. The third kappa shape index (κ3) is 2.91. The molecule has 27 heavy (non-hydrogen) atoms. The molecule has 0 N–H and O–H groups in total. The Hall–Kier alpha value is -3.34. The Morgan fingerprint density at radius 1 is 0.963 bits per heavy atom. The van der Waals surface area contributed by atoms with Gasteiger partial charge in [-0.25, -0.2) is 9.98 Å². The molecule has 0 bridgehead atoms. The molecule has 0 spiro atoms. The molecule has 0 atom stereocenters. The van der Waals surface area contributed by atoms with Crippen LogP contribution in [-0.2, 0) is 6.54 Å². The highest BCUT2D eigenvalue weighted by Crippen LogP contribution is 2.34.